The summed E-state index contributed by atoms with van der Waals surface area (Å²) in [4.78, 5) is 19.7. The fourth-order valence-corrected chi connectivity index (χ4v) is 5.90. The molecular formula is C27H34N4O4S. The van der Waals surface area contributed by atoms with Crippen molar-refractivity contribution in [3.8, 4) is 11.1 Å². The lowest BCUT2D eigenvalue weighted by atomic mass is 10.0. The van der Waals surface area contributed by atoms with E-state index >= 15 is 0 Å². The molecule has 0 radical (unpaired) electrons. The summed E-state index contributed by atoms with van der Waals surface area (Å²) >= 11 is 0. The predicted octanol–water partition coefficient (Wildman–Crippen LogP) is 4.48. The number of carbonyl (C=O) groups is 1. The number of nitrogens with one attached hydrogen (secondary N) is 1. The number of nitrogens with zero attached hydrogens (tertiary/aromatic N) is 3. The van der Waals surface area contributed by atoms with Crippen molar-refractivity contribution in [2.75, 3.05) is 25.5 Å². The zero-order valence-electron chi connectivity index (χ0n) is 21.5. The maximum absolute atomic E-state index is 13.4. The maximum atomic E-state index is 13.4. The van der Waals surface area contributed by atoms with Crippen LogP contribution >= 0.6 is 0 Å². The molecule has 0 bridgehead atoms. The third-order valence-corrected chi connectivity index (χ3v) is 8.47. The molecule has 3 heterocycles. The second-order valence-corrected chi connectivity index (χ2v) is 11.5. The SMILES string of the molecule is COC(=O)c1cc(-c2cc(NC3CCN(C(C)C)CC3)ncc2C)cn1S(=O)(=O)c1ccc(C)cc1. The van der Waals surface area contributed by atoms with Gasteiger partial charge in [0.1, 0.15) is 11.5 Å². The number of anilines is 1. The molecule has 4 rings (SSSR count). The van der Waals surface area contributed by atoms with Gasteiger partial charge in [0.25, 0.3) is 10.0 Å². The Balaban J connectivity index is 1.67. The number of piperidine rings is 1. The summed E-state index contributed by atoms with van der Waals surface area (Å²) < 4.78 is 32.8. The van der Waals surface area contributed by atoms with Gasteiger partial charge < -0.3 is 15.0 Å². The molecule has 2 aromatic heterocycles. The van der Waals surface area contributed by atoms with Crippen LogP contribution in [-0.2, 0) is 14.8 Å². The van der Waals surface area contributed by atoms with Crippen LogP contribution in [0.4, 0.5) is 5.82 Å². The van der Waals surface area contributed by atoms with E-state index < -0.39 is 16.0 Å². The number of aryl methyl sites for hydroxylation is 2. The summed E-state index contributed by atoms with van der Waals surface area (Å²) in [5.74, 6) is 0.00580. The van der Waals surface area contributed by atoms with Gasteiger partial charge >= 0.3 is 5.97 Å². The van der Waals surface area contributed by atoms with Crippen LogP contribution in [0.5, 0.6) is 0 Å². The Bertz CT molecular complexity index is 1340. The second-order valence-electron chi connectivity index (χ2n) is 9.65. The molecule has 1 aliphatic rings. The molecule has 8 nitrogen and oxygen atoms in total. The Morgan fingerprint density at radius 3 is 2.39 bits per heavy atom. The molecule has 192 valence electrons. The average molecular weight is 511 g/mol. The third kappa shape index (κ3) is 5.32. The number of benzene rings is 1. The molecule has 1 aliphatic heterocycles. The number of aromatic nitrogens is 2. The highest BCUT2D eigenvalue weighted by Crippen LogP contribution is 2.30. The zero-order chi connectivity index (χ0) is 26.0. The van der Waals surface area contributed by atoms with Gasteiger partial charge in [-0.15, -0.1) is 0 Å². The van der Waals surface area contributed by atoms with Crippen molar-refractivity contribution in [2.45, 2.75) is 57.5 Å². The Hall–Kier alpha value is -3.17. The molecule has 0 spiro atoms. The number of hydrogen-bond donors (Lipinski definition) is 1. The summed E-state index contributed by atoms with van der Waals surface area (Å²) in [7, 11) is -2.77. The summed E-state index contributed by atoms with van der Waals surface area (Å²) in [5.41, 5.74) is 3.16. The third-order valence-electron chi connectivity index (χ3n) is 6.78. The zero-order valence-corrected chi connectivity index (χ0v) is 22.3. The molecule has 3 aromatic rings. The second kappa shape index (κ2) is 10.4. The van der Waals surface area contributed by atoms with E-state index in [0.717, 1.165) is 52.4 Å². The van der Waals surface area contributed by atoms with Crippen molar-refractivity contribution >= 4 is 21.8 Å². The van der Waals surface area contributed by atoms with E-state index in [9.17, 15) is 13.2 Å². The lowest BCUT2D eigenvalue weighted by Gasteiger charge is -2.35. The first-order chi connectivity index (χ1) is 17.1. The van der Waals surface area contributed by atoms with Gasteiger partial charge in [-0.25, -0.2) is 22.2 Å². The van der Waals surface area contributed by atoms with Crippen LogP contribution in [0.1, 0.15) is 48.3 Å². The minimum atomic E-state index is -4.01. The first kappa shape index (κ1) is 25.9. The van der Waals surface area contributed by atoms with Crippen molar-refractivity contribution in [1.29, 1.82) is 0 Å². The standard InChI is InChI=1S/C27H34N4O4S/c1-18(2)30-12-10-22(11-13-30)29-26-15-24(20(4)16-28-26)21-14-25(27(32)35-5)31(17-21)36(33,34)23-8-6-19(3)7-9-23/h6-9,14-18,22H,10-13H2,1-5H3,(H,28,29). The van der Waals surface area contributed by atoms with Crippen molar-refractivity contribution in [2.24, 2.45) is 0 Å². The Morgan fingerprint density at radius 2 is 1.78 bits per heavy atom. The van der Waals surface area contributed by atoms with E-state index in [-0.39, 0.29) is 10.6 Å². The lowest BCUT2D eigenvalue weighted by Crippen LogP contribution is -2.42. The molecule has 36 heavy (non-hydrogen) atoms. The number of hydrogen-bond acceptors (Lipinski definition) is 7. The van der Waals surface area contributed by atoms with Crippen LogP contribution in [0.25, 0.3) is 11.1 Å². The van der Waals surface area contributed by atoms with E-state index in [4.69, 9.17) is 4.74 Å². The highest BCUT2D eigenvalue weighted by Gasteiger charge is 2.26. The van der Waals surface area contributed by atoms with Crippen LogP contribution < -0.4 is 5.32 Å². The highest BCUT2D eigenvalue weighted by molar-refractivity contribution is 7.90. The molecule has 1 N–H and O–H groups in total. The first-order valence-corrected chi connectivity index (χ1v) is 13.6. The molecular weight excluding hydrogens is 476 g/mol. The van der Waals surface area contributed by atoms with E-state index in [2.05, 4.69) is 29.0 Å². The number of methoxy groups -OCH3 is 1. The fourth-order valence-electron chi connectivity index (χ4n) is 4.55. The van der Waals surface area contributed by atoms with Crippen molar-refractivity contribution in [3.05, 3.63) is 65.6 Å². The molecule has 1 saturated heterocycles. The largest absolute Gasteiger partial charge is 0.464 e. The monoisotopic (exact) mass is 510 g/mol. The van der Waals surface area contributed by atoms with Gasteiger partial charge in [0.05, 0.1) is 12.0 Å². The van der Waals surface area contributed by atoms with Crippen LogP contribution in [0.3, 0.4) is 0 Å². The van der Waals surface area contributed by atoms with Gasteiger partial charge in [0.15, 0.2) is 0 Å². The number of pyridine rings is 1. The van der Waals surface area contributed by atoms with Gasteiger partial charge in [0.2, 0.25) is 0 Å². The van der Waals surface area contributed by atoms with Crippen LogP contribution in [0.2, 0.25) is 0 Å². The molecule has 9 heteroatoms. The topological polar surface area (TPSA) is 93.5 Å². The fraction of sp³-hybridized carbons (Fsp3) is 0.407. The quantitative estimate of drug-likeness (QED) is 0.469. The van der Waals surface area contributed by atoms with Gasteiger partial charge in [-0.05, 0) is 75.9 Å². The first-order valence-electron chi connectivity index (χ1n) is 12.2. The number of rotatable bonds is 7. The summed E-state index contributed by atoms with van der Waals surface area (Å²) in [6.45, 7) is 10.3. The predicted molar refractivity (Wildman–Crippen MR) is 141 cm³/mol. The minimum Gasteiger partial charge on any atom is -0.464 e. The summed E-state index contributed by atoms with van der Waals surface area (Å²) in [5, 5.41) is 3.54. The number of carbonyl (C=O) groups excluding carboxylic acids is 1. The smallest absolute Gasteiger partial charge is 0.355 e. The molecule has 0 amide bonds. The molecule has 0 atom stereocenters. The number of esters is 1. The highest BCUT2D eigenvalue weighted by atomic mass is 32.2. The molecule has 1 fully saturated rings. The molecule has 1 aromatic carbocycles. The molecule has 0 saturated carbocycles. The van der Waals surface area contributed by atoms with Crippen molar-refractivity contribution in [1.82, 2.24) is 13.9 Å². The van der Waals surface area contributed by atoms with E-state index in [1.807, 2.05) is 19.9 Å². The maximum Gasteiger partial charge on any atom is 0.355 e. The Labute approximate surface area is 213 Å². The minimum absolute atomic E-state index is 0.0557. The number of likely N-dealkylation sites (tertiary alicyclic amines) is 1. The average Bonchev–Trinajstić information content (AvgIpc) is 3.31. The Kier molecular flexibility index (Phi) is 7.51. The van der Waals surface area contributed by atoms with Gasteiger partial charge in [-0.3, -0.25) is 0 Å². The Morgan fingerprint density at radius 1 is 1.11 bits per heavy atom. The van der Waals surface area contributed by atoms with Crippen LogP contribution in [-0.4, -0.2) is 60.5 Å². The van der Waals surface area contributed by atoms with Crippen LogP contribution in [0.15, 0.2) is 53.7 Å². The van der Waals surface area contributed by atoms with Crippen molar-refractivity contribution in [3.63, 3.8) is 0 Å². The molecule has 0 aliphatic carbocycles. The van der Waals surface area contributed by atoms with E-state index in [0.29, 0.717) is 17.6 Å². The normalized spacial score (nSPS) is 15.3. The van der Waals surface area contributed by atoms with Crippen molar-refractivity contribution < 1.29 is 17.9 Å². The van der Waals surface area contributed by atoms with E-state index in [1.165, 1.54) is 25.4 Å². The van der Waals surface area contributed by atoms with E-state index in [1.54, 1.807) is 24.4 Å². The van der Waals surface area contributed by atoms with Gasteiger partial charge in [0, 0.05) is 43.1 Å². The summed E-state index contributed by atoms with van der Waals surface area (Å²) in [6, 6.07) is 10.9. The summed E-state index contributed by atoms with van der Waals surface area (Å²) in [6.07, 6.45) is 5.31. The van der Waals surface area contributed by atoms with Crippen LogP contribution in [0, 0.1) is 13.8 Å². The van der Waals surface area contributed by atoms with Gasteiger partial charge in [-0.2, -0.15) is 0 Å². The lowest BCUT2D eigenvalue weighted by molar-refractivity contribution is 0.0593. The van der Waals surface area contributed by atoms with Gasteiger partial charge in [-0.1, -0.05) is 17.7 Å². The number of ether oxygens (including phenoxy) is 1. The molecule has 0 unspecified atom stereocenters.